The minimum atomic E-state index is 0.112. The van der Waals surface area contributed by atoms with E-state index in [4.69, 9.17) is 34.7 Å². The minimum Gasteiger partial charge on any atom is -0.383 e. The zero-order chi connectivity index (χ0) is 15.6. The molecule has 0 radical (unpaired) electrons. The van der Waals surface area contributed by atoms with Gasteiger partial charge >= 0.3 is 0 Å². The molecule has 2 aromatic rings. The SMILES string of the molecule is CN(C)C=Nc1c(Cl)cc(-c2cnc(N)nc2N)cc1Cl. The Morgan fingerprint density at radius 3 is 2.33 bits per heavy atom. The quantitative estimate of drug-likeness (QED) is 0.668. The fourth-order valence-electron chi connectivity index (χ4n) is 1.65. The van der Waals surface area contributed by atoms with E-state index in [1.165, 1.54) is 6.20 Å². The van der Waals surface area contributed by atoms with Crippen LogP contribution in [0.1, 0.15) is 0 Å². The number of nitrogen functional groups attached to an aromatic ring is 2. The highest BCUT2D eigenvalue weighted by atomic mass is 35.5. The first-order valence-electron chi connectivity index (χ1n) is 5.96. The van der Waals surface area contributed by atoms with E-state index in [1.807, 2.05) is 14.1 Å². The number of halogens is 2. The summed E-state index contributed by atoms with van der Waals surface area (Å²) in [6.07, 6.45) is 3.15. The van der Waals surface area contributed by atoms with Crippen molar-refractivity contribution in [2.45, 2.75) is 0 Å². The molecular weight excluding hydrogens is 311 g/mol. The molecule has 1 aromatic carbocycles. The summed E-state index contributed by atoms with van der Waals surface area (Å²) in [5.41, 5.74) is 13.1. The third-order valence-corrected chi connectivity index (χ3v) is 3.16. The second-order valence-electron chi connectivity index (χ2n) is 4.52. The molecular formula is C13H14Cl2N6. The van der Waals surface area contributed by atoms with Gasteiger partial charge in [-0.1, -0.05) is 23.2 Å². The van der Waals surface area contributed by atoms with Gasteiger partial charge in [-0.25, -0.2) is 9.98 Å². The predicted molar refractivity (Wildman–Crippen MR) is 88.2 cm³/mol. The number of aromatic nitrogens is 2. The van der Waals surface area contributed by atoms with Crippen LogP contribution in [0, 0.1) is 0 Å². The van der Waals surface area contributed by atoms with Gasteiger partial charge in [-0.15, -0.1) is 0 Å². The van der Waals surface area contributed by atoms with Crippen LogP contribution in [0.4, 0.5) is 17.5 Å². The molecule has 0 spiro atoms. The van der Waals surface area contributed by atoms with Crippen LogP contribution in [0.5, 0.6) is 0 Å². The van der Waals surface area contributed by atoms with Crippen molar-refractivity contribution in [3.05, 3.63) is 28.4 Å². The fraction of sp³-hybridized carbons (Fsp3) is 0.154. The predicted octanol–water partition coefficient (Wildman–Crippen LogP) is 2.84. The maximum absolute atomic E-state index is 6.23. The van der Waals surface area contributed by atoms with Gasteiger partial charge in [0, 0.05) is 25.9 Å². The van der Waals surface area contributed by atoms with Crippen LogP contribution in [0.25, 0.3) is 11.1 Å². The van der Waals surface area contributed by atoms with E-state index in [2.05, 4.69) is 15.0 Å². The standard InChI is InChI=1S/C13H14Cl2N6/c1-21(2)6-19-11-9(14)3-7(4-10(11)15)8-5-18-13(17)20-12(8)16/h3-6H,1-2H3,(H4,16,17,18,20). The van der Waals surface area contributed by atoms with Gasteiger partial charge in [-0.2, -0.15) is 4.98 Å². The Balaban J connectivity index is 2.49. The zero-order valence-electron chi connectivity index (χ0n) is 11.5. The maximum atomic E-state index is 6.23. The summed E-state index contributed by atoms with van der Waals surface area (Å²) in [5.74, 6) is 0.375. The molecule has 21 heavy (non-hydrogen) atoms. The van der Waals surface area contributed by atoms with Gasteiger partial charge < -0.3 is 16.4 Å². The molecule has 0 aliphatic rings. The summed E-state index contributed by atoms with van der Waals surface area (Å²) in [7, 11) is 3.71. The molecule has 1 aromatic heterocycles. The van der Waals surface area contributed by atoms with Crippen LogP contribution in [0.3, 0.4) is 0 Å². The Labute approximate surface area is 132 Å². The molecule has 0 fully saturated rings. The van der Waals surface area contributed by atoms with Crippen LogP contribution in [0.15, 0.2) is 23.3 Å². The average Bonchev–Trinajstić information content (AvgIpc) is 2.37. The molecule has 0 aliphatic heterocycles. The number of hydrogen-bond acceptors (Lipinski definition) is 5. The fourth-order valence-corrected chi connectivity index (χ4v) is 2.23. The van der Waals surface area contributed by atoms with Crippen molar-refractivity contribution in [2.75, 3.05) is 25.6 Å². The van der Waals surface area contributed by atoms with Gasteiger partial charge in [0.2, 0.25) is 5.95 Å². The zero-order valence-corrected chi connectivity index (χ0v) is 13.0. The molecule has 110 valence electrons. The van der Waals surface area contributed by atoms with Crippen LogP contribution >= 0.6 is 23.2 Å². The van der Waals surface area contributed by atoms with E-state index >= 15 is 0 Å². The van der Waals surface area contributed by atoms with Crippen molar-refractivity contribution in [3.63, 3.8) is 0 Å². The third-order valence-electron chi connectivity index (χ3n) is 2.58. The van der Waals surface area contributed by atoms with Crippen LogP contribution in [-0.2, 0) is 0 Å². The van der Waals surface area contributed by atoms with E-state index in [0.29, 0.717) is 26.9 Å². The molecule has 0 atom stereocenters. The molecule has 0 unspecified atom stereocenters. The Kier molecular flexibility index (Phi) is 4.50. The second kappa shape index (κ2) is 6.15. The lowest BCUT2D eigenvalue weighted by Gasteiger charge is -2.09. The molecule has 1 heterocycles. The maximum Gasteiger partial charge on any atom is 0.221 e. The van der Waals surface area contributed by atoms with E-state index in [9.17, 15) is 0 Å². The molecule has 0 saturated heterocycles. The van der Waals surface area contributed by atoms with Crippen molar-refractivity contribution in [1.82, 2.24) is 14.9 Å². The van der Waals surface area contributed by atoms with Crippen molar-refractivity contribution < 1.29 is 0 Å². The summed E-state index contributed by atoms with van der Waals surface area (Å²) >= 11 is 12.5. The van der Waals surface area contributed by atoms with Gasteiger partial charge in [0.1, 0.15) is 11.5 Å². The molecule has 0 saturated carbocycles. The normalized spacial score (nSPS) is 11.0. The first-order valence-corrected chi connectivity index (χ1v) is 6.72. The monoisotopic (exact) mass is 324 g/mol. The van der Waals surface area contributed by atoms with Crippen LogP contribution in [-0.4, -0.2) is 35.3 Å². The molecule has 2 rings (SSSR count). The smallest absolute Gasteiger partial charge is 0.221 e. The van der Waals surface area contributed by atoms with Gasteiger partial charge in [-0.3, -0.25) is 0 Å². The van der Waals surface area contributed by atoms with Crippen molar-refractivity contribution >= 4 is 47.0 Å². The van der Waals surface area contributed by atoms with Gasteiger partial charge in [0.25, 0.3) is 0 Å². The van der Waals surface area contributed by atoms with Crippen molar-refractivity contribution in [2.24, 2.45) is 4.99 Å². The van der Waals surface area contributed by atoms with E-state index in [0.717, 1.165) is 0 Å². The number of benzene rings is 1. The highest BCUT2D eigenvalue weighted by Crippen LogP contribution is 2.38. The van der Waals surface area contributed by atoms with Gasteiger partial charge in [0.15, 0.2) is 0 Å². The third kappa shape index (κ3) is 3.53. The summed E-state index contributed by atoms with van der Waals surface area (Å²) in [6.45, 7) is 0. The summed E-state index contributed by atoms with van der Waals surface area (Å²) in [6, 6.07) is 3.42. The Hall–Kier alpha value is -2.05. The van der Waals surface area contributed by atoms with Crippen LogP contribution < -0.4 is 11.5 Å². The molecule has 4 N–H and O–H groups in total. The molecule has 8 heteroatoms. The molecule has 6 nitrogen and oxygen atoms in total. The van der Waals surface area contributed by atoms with Crippen molar-refractivity contribution in [3.8, 4) is 11.1 Å². The minimum absolute atomic E-state index is 0.112. The summed E-state index contributed by atoms with van der Waals surface area (Å²) < 4.78 is 0. The van der Waals surface area contributed by atoms with E-state index in [-0.39, 0.29) is 11.8 Å². The summed E-state index contributed by atoms with van der Waals surface area (Å²) in [5, 5.41) is 0.818. The summed E-state index contributed by atoms with van der Waals surface area (Å²) in [4.78, 5) is 13.8. The molecule has 0 amide bonds. The first-order chi connectivity index (χ1) is 9.88. The number of nitrogens with two attached hydrogens (primary N) is 2. The Bertz CT molecular complexity index is 676. The van der Waals surface area contributed by atoms with E-state index in [1.54, 1.807) is 23.4 Å². The van der Waals surface area contributed by atoms with Gasteiger partial charge in [0.05, 0.1) is 16.4 Å². The molecule has 0 bridgehead atoms. The van der Waals surface area contributed by atoms with E-state index < -0.39 is 0 Å². The second-order valence-corrected chi connectivity index (χ2v) is 5.34. The number of hydrogen-bond donors (Lipinski definition) is 2. The topological polar surface area (TPSA) is 93.4 Å². The first kappa shape index (κ1) is 15.3. The number of anilines is 2. The lowest BCUT2D eigenvalue weighted by molar-refractivity contribution is 0.643. The lowest BCUT2D eigenvalue weighted by Crippen LogP contribution is -2.07. The molecule has 0 aliphatic carbocycles. The highest BCUT2D eigenvalue weighted by Gasteiger charge is 2.12. The van der Waals surface area contributed by atoms with Crippen LogP contribution in [0.2, 0.25) is 10.0 Å². The largest absolute Gasteiger partial charge is 0.383 e. The number of nitrogens with zero attached hydrogens (tertiary/aromatic N) is 4. The number of rotatable bonds is 3. The Morgan fingerprint density at radius 1 is 1.19 bits per heavy atom. The highest BCUT2D eigenvalue weighted by molar-refractivity contribution is 6.39. The lowest BCUT2D eigenvalue weighted by atomic mass is 10.1. The number of aliphatic imine (C=N–C) groups is 1. The Morgan fingerprint density at radius 2 is 1.81 bits per heavy atom. The van der Waals surface area contributed by atoms with Crippen molar-refractivity contribution in [1.29, 1.82) is 0 Å². The van der Waals surface area contributed by atoms with Gasteiger partial charge in [-0.05, 0) is 17.7 Å². The average molecular weight is 325 g/mol.